The molecular formula is C20H24FN7OS. The molecule has 1 saturated heterocycles. The molecule has 0 unspecified atom stereocenters. The molecule has 0 radical (unpaired) electrons. The fraction of sp³-hybridized carbons (Fsp3) is 0.450. The molecule has 0 saturated carbocycles. The number of hydrogen-bond acceptors (Lipinski definition) is 7. The smallest absolute Gasteiger partial charge is 0.321 e. The average molecular weight is 436 g/mol. The molecule has 4 rings (SSSR count). The maximum Gasteiger partial charge on any atom is 0.323 e. The summed E-state index contributed by atoms with van der Waals surface area (Å²) >= 11 is 1.41. The molecule has 0 bridgehead atoms. The van der Waals surface area contributed by atoms with Crippen LogP contribution in [0.5, 0.6) is 0 Å². The Balaban J connectivity index is 1.41. The van der Waals surface area contributed by atoms with Crippen LogP contribution in [0.4, 0.5) is 15.0 Å². The summed E-state index contributed by atoms with van der Waals surface area (Å²) in [5, 5.41) is 16.2. The van der Waals surface area contributed by atoms with Crippen molar-refractivity contribution in [2.45, 2.75) is 45.3 Å². The molecule has 0 aliphatic carbocycles. The molecule has 1 aliphatic heterocycles. The number of piperidine rings is 1. The van der Waals surface area contributed by atoms with Gasteiger partial charge in [-0.2, -0.15) is 0 Å². The van der Waals surface area contributed by atoms with Gasteiger partial charge in [0.15, 0.2) is 5.01 Å². The highest BCUT2D eigenvalue weighted by Gasteiger charge is 2.31. The lowest BCUT2D eigenvalue weighted by molar-refractivity contribution is 0.119. The van der Waals surface area contributed by atoms with Gasteiger partial charge in [-0.3, -0.25) is 10.3 Å². The first-order chi connectivity index (χ1) is 16.8. The predicted octanol–water partition coefficient (Wildman–Crippen LogP) is 3.40. The second-order valence-corrected chi connectivity index (χ2v) is 8.18. The minimum atomic E-state index is -2.83. The first-order valence-electron chi connectivity index (χ1n) is 12.3. The van der Waals surface area contributed by atoms with Crippen molar-refractivity contribution in [3.05, 3.63) is 29.5 Å². The van der Waals surface area contributed by atoms with E-state index in [0.717, 1.165) is 15.8 Å². The van der Waals surface area contributed by atoms with Gasteiger partial charge in [0.1, 0.15) is 22.7 Å². The fourth-order valence-electron chi connectivity index (χ4n) is 3.30. The van der Waals surface area contributed by atoms with Crippen LogP contribution in [0.15, 0.2) is 24.5 Å². The van der Waals surface area contributed by atoms with Gasteiger partial charge in [0.2, 0.25) is 0 Å². The number of aryl methyl sites for hydroxylation is 1. The number of aromatic nitrogens is 4. The lowest BCUT2D eigenvalue weighted by atomic mass is 10.0. The molecule has 1 aliphatic rings. The van der Waals surface area contributed by atoms with Crippen LogP contribution < -0.4 is 10.6 Å². The summed E-state index contributed by atoms with van der Waals surface area (Å²) < 4.78 is 59.7. The number of likely N-dealkylation sites (tertiary alicyclic amines) is 1. The highest BCUT2D eigenvalue weighted by molar-refractivity contribution is 7.14. The van der Waals surface area contributed by atoms with E-state index in [-0.39, 0.29) is 25.3 Å². The zero-order valence-electron chi connectivity index (χ0n) is 22.1. The number of fused-ring (bicyclic) bond motifs is 1. The van der Waals surface area contributed by atoms with Gasteiger partial charge in [0.05, 0.1) is 6.54 Å². The van der Waals surface area contributed by atoms with E-state index in [0.29, 0.717) is 10.7 Å². The normalized spacial score (nSPS) is 23.2. The Kier molecular flexibility index (Phi) is 4.09. The van der Waals surface area contributed by atoms with E-state index < -0.39 is 38.0 Å². The van der Waals surface area contributed by atoms with E-state index >= 15 is 0 Å². The van der Waals surface area contributed by atoms with Crippen molar-refractivity contribution in [2.75, 3.05) is 18.4 Å². The van der Waals surface area contributed by atoms with E-state index in [1.807, 2.05) is 13.0 Å². The number of nitrogens with one attached hydrogen (secondary N) is 2. The second-order valence-electron chi connectivity index (χ2n) is 7.00. The minimum Gasteiger partial charge on any atom is -0.321 e. The molecule has 3 aromatic heterocycles. The first kappa shape index (κ1) is 14.3. The van der Waals surface area contributed by atoms with Gasteiger partial charge in [-0.05, 0) is 30.9 Å². The third-order valence-electron chi connectivity index (χ3n) is 4.79. The Morgan fingerprint density at radius 2 is 2.13 bits per heavy atom. The molecule has 30 heavy (non-hydrogen) atoms. The van der Waals surface area contributed by atoms with Crippen LogP contribution in [0, 0.1) is 6.92 Å². The average Bonchev–Trinajstić information content (AvgIpc) is 3.22. The van der Waals surface area contributed by atoms with Gasteiger partial charge in [0.25, 0.3) is 0 Å². The predicted molar refractivity (Wildman–Crippen MR) is 115 cm³/mol. The van der Waals surface area contributed by atoms with Crippen molar-refractivity contribution in [3.8, 4) is 10.7 Å². The number of rotatable bonds is 4. The van der Waals surface area contributed by atoms with E-state index in [4.69, 9.17) is 8.22 Å². The van der Waals surface area contributed by atoms with Crippen LogP contribution >= 0.6 is 11.3 Å². The number of alkyl halides is 1. The summed E-state index contributed by atoms with van der Waals surface area (Å²) in [6.45, 7) is -4.02. The molecule has 3 aromatic rings. The molecule has 2 amide bonds. The number of anilines is 1. The molecule has 0 spiro atoms. The lowest BCUT2D eigenvalue weighted by Crippen LogP contribution is -2.54. The molecule has 158 valence electrons. The Hall–Kier alpha value is -2.72. The van der Waals surface area contributed by atoms with Crippen LogP contribution in [-0.4, -0.2) is 62.4 Å². The Bertz CT molecular complexity index is 1240. The molecule has 4 heterocycles. The number of carbonyl (C=O) groups excluding carboxylic acids is 1. The molecule has 8 nitrogen and oxygen atoms in total. The molecule has 0 aromatic carbocycles. The lowest BCUT2D eigenvalue weighted by Gasteiger charge is -2.35. The van der Waals surface area contributed by atoms with E-state index in [1.165, 1.54) is 16.2 Å². The third-order valence-corrected chi connectivity index (χ3v) is 5.65. The van der Waals surface area contributed by atoms with Crippen LogP contribution in [-0.2, 0) is 0 Å². The van der Waals surface area contributed by atoms with Crippen LogP contribution in [0.25, 0.3) is 21.5 Å². The highest BCUT2D eigenvalue weighted by Crippen LogP contribution is 2.25. The topological polar surface area (TPSA) is 95.9 Å². The molecule has 10 heteroatoms. The van der Waals surface area contributed by atoms with E-state index in [1.54, 1.807) is 18.5 Å². The fourth-order valence-corrected chi connectivity index (χ4v) is 3.96. The minimum absolute atomic E-state index is 0.0543. The number of carbonyl (C=O) groups is 1. The van der Waals surface area contributed by atoms with Crippen LogP contribution in [0.3, 0.4) is 0 Å². The largest absolute Gasteiger partial charge is 0.323 e. The molecular weight excluding hydrogens is 405 g/mol. The van der Waals surface area contributed by atoms with Crippen molar-refractivity contribution < 1.29 is 17.4 Å². The number of pyridine rings is 2. The van der Waals surface area contributed by atoms with Crippen molar-refractivity contribution in [1.82, 2.24) is 30.4 Å². The third kappa shape index (κ3) is 4.54. The number of hydrogen-bond donors (Lipinski definition) is 2. The molecule has 1 fully saturated rings. The summed E-state index contributed by atoms with van der Waals surface area (Å²) in [7, 11) is 0. The monoisotopic (exact) mass is 435 g/mol. The zero-order valence-corrected chi connectivity index (χ0v) is 16.9. The van der Waals surface area contributed by atoms with Gasteiger partial charge in [0, 0.05) is 44.6 Å². The Morgan fingerprint density at radius 3 is 2.87 bits per heavy atom. The molecule has 2 atom stereocenters. The first-order valence-corrected chi connectivity index (χ1v) is 10.2. The molecule has 2 N–H and O–H groups in total. The quantitative estimate of drug-likeness (QED) is 0.652. The summed E-state index contributed by atoms with van der Waals surface area (Å²) in [5.41, 5.74) is 0.638. The zero-order chi connectivity index (χ0) is 26.3. The Labute approximate surface area is 186 Å². The number of halogens is 1. The summed E-state index contributed by atoms with van der Waals surface area (Å²) in [6.07, 6.45) is 1.62. The Morgan fingerprint density at radius 1 is 1.30 bits per heavy atom. The number of amides is 2. The standard InChI is InChI=1S/C20H24FN7OS/c1-11(2)24-16-4-5-28(10-15(16)21)20(29)25-18-7-13-6-17(19-27-26-12(3)30-19)22-8-14(13)9-23-18/h6-9,11,15-16,24H,4-5,10H2,1-3H3,(H,23,25,29)/t15-,16-/m0/s1/i1D3,2D3. The van der Waals surface area contributed by atoms with Gasteiger partial charge < -0.3 is 10.2 Å². The summed E-state index contributed by atoms with van der Waals surface area (Å²) in [5.74, 6) is 0.263. The van der Waals surface area contributed by atoms with Crippen LogP contribution in [0.1, 0.15) is 33.4 Å². The van der Waals surface area contributed by atoms with Crippen molar-refractivity contribution in [3.63, 3.8) is 0 Å². The number of urea groups is 1. The van der Waals surface area contributed by atoms with E-state index in [9.17, 15) is 9.18 Å². The maximum absolute atomic E-state index is 14.9. The summed E-state index contributed by atoms with van der Waals surface area (Å²) in [4.78, 5) is 22.6. The summed E-state index contributed by atoms with van der Waals surface area (Å²) in [6, 6.07) is 0.0472. The van der Waals surface area contributed by atoms with Gasteiger partial charge >= 0.3 is 6.03 Å². The van der Waals surface area contributed by atoms with E-state index in [2.05, 4.69) is 30.8 Å². The van der Waals surface area contributed by atoms with Crippen LogP contribution in [0.2, 0.25) is 0 Å². The maximum atomic E-state index is 14.9. The van der Waals surface area contributed by atoms with Crippen molar-refractivity contribution in [2.24, 2.45) is 0 Å². The van der Waals surface area contributed by atoms with Gasteiger partial charge in [-0.15, -0.1) is 10.2 Å². The van der Waals surface area contributed by atoms with Crippen molar-refractivity contribution >= 4 is 34.0 Å². The highest BCUT2D eigenvalue weighted by atomic mass is 32.1. The van der Waals surface area contributed by atoms with Gasteiger partial charge in [-0.25, -0.2) is 14.2 Å². The number of nitrogens with zero attached hydrogens (tertiary/aromatic N) is 5. The van der Waals surface area contributed by atoms with Gasteiger partial charge in [-0.1, -0.05) is 25.0 Å². The second kappa shape index (κ2) is 8.57. The SMILES string of the molecule is [2H]C([2H])([2H])C(N[C@H]1CCN(C(=O)Nc2cc3cc(-c4nnc(C)s4)ncc3cn2)C[C@@H]1F)C([2H])([2H])[2H]. The van der Waals surface area contributed by atoms with Crippen molar-refractivity contribution in [1.29, 1.82) is 0 Å².